The third-order valence-corrected chi connectivity index (χ3v) is 3.18. The van der Waals surface area contributed by atoms with E-state index < -0.39 is 5.82 Å². The first-order valence-corrected chi connectivity index (χ1v) is 6.02. The van der Waals surface area contributed by atoms with E-state index in [9.17, 15) is 4.39 Å². The van der Waals surface area contributed by atoms with Crippen LogP contribution in [0.25, 0.3) is 0 Å². The third kappa shape index (κ3) is 2.46. The summed E-state index contributed by atoms with van der Waals surface area (Å²) in [4.78, 5) is 2.28. The van der Waals surface area contributed by atoms with Gasteiger partial charge in [0.15, 0.2) is 0 Å². The van der Waals surface area contributed by atoms with Crippen molar-refractivity contribution >= 4 is 0 Å². The zero-order valence-electron chi connectivity index (χ0n) is 10.9. The standard InChI is InChI=1S/C14H17FN2O/c1-14(2,3)17-8-10(9-17)18-13-6-4-5-12(15)11(13)7-16/h4-6,10H,8-9H2,1-3H3. The number of hydrogen-bond donors (Lipinski definition) is 0. The van der Waals surface area contributed by atoms with Gasteiger partial charge in [-0.3, -0.25) is 4.90 Å². The second-order valence-electron chi connectivity index (χ2n) is 5.54. The van der Waals surface area contributed by atoms with Crippen LogP contribution in [0.3, 0.4) is 0 Å². The van der Waals surface area contributed by atoms with Gasteiger partial charge in [0.1, 0.15) is 29.3 Å². The first-order valence-electron chi connectivity index (χ1n) is 6.02. The van der Waals surface area contributed by atoms with Crippen LogP contribution in [-0.2, 0) is 0 Å². The first-order chi connectivity index (χ1) is 8.41. The Balaban J connectivity index is 2.01. The molecule has 1 fully saturated rings. The van der Waals surface area contributed by atoms with Crippen molar-refractivity contribution in [3.63, 3.8) is 0 Å². The van der Waals surface area contributed by atoms with Gasteiger partial charge in [-0.15, -0.1) is 0 Å². The molecule has 0 N–H and O–H groups in total. The molecule has 0 radical (unpaired) electrons. The van der Waals surface area contributed by atoms with Gasteiger partial charge in [-0.05, 0) is 32.9 Å². The van der Waals surface area contributed by atoms with Crippen LogP contribution < -0.4 is 4.74 Å². The van der Waals surface area contributed by atoms with Crippen molar-refractivity contribution in [1.29, 1.82) is 5.26 Å². The molecule has 0 amide bonds. The summed E-state index contributed by atoms with van der Waals surface area (Å²) in [5.74, 6) is -0.182. The number of ether oxygens (including phenoxy) is 1. The Bertz CT molecular complexity index is 482. The van der Waals surface area contributed by atoms with E-state index in [2.05, 4.69) is 25.7 Å². The lowest BCUT2D eigenvalue weighted by atomic mass is 9.99. The van der Waals surface area contributed by atoms with Crippen LogP contribution in [0.15, 0.2) is 18.2 Å². The number of halogens is 1. The maximum Gasteiger partial charge on any atom is 0.144 e. The molecule has 1 saturated heterocycles. The fraction of sp³-hybridized carbons (Fsp3) is 0.500. The van der Waals surface area contributed by atoms with Crippen molar-refractivity contribution in [3.8, 4) is 11.8 Å². The zero-order valence-corrected chi connectivity index (χ0v) is 10.9. The number of benzene rings is 1. The Hall–Kier alpha value is -1.60. The van der Waals surface area contributed by atoms with Crippen molar-refractivity contribution in [2.45, 2.75) is 32.4 Å². The van der Waals surface area contributed by atoms with Gasteiger partial charge in [0, 0.05) is 18.6 Å². The molecular weight excluding hydrogens is 231 g/mol. The van der Waals surface area contributed by atoms with E-state index >= 15 is 0 Å². The van der Waals surface area contributed by atoms with Crippen LogP contribution in [-0.4, -0.2) is 29.6 Å². The smallest absolute Gasteiger partial charge is 0.144 e. The minimum atomic E-state index is -0.526. The average Bonchev–Trinajstić information content (AvgIpc) is 2.21. The van der Waals surface area contributed by atoms with Gasteiger partial charge >= 0.3 is 0 Å². The highest BCUT2D eigenvalue weighted by Gasteiger charge is 2.36. The molecule has 0 atom stereocenters. The monoisotopic (exact) mass is 248 g/mol. The van der Waals surface area contributed by atoms with Crippen LogP contribution in [0.4, 0.5) is 4.39 Å². The fourth-order valence-corrected chi connectivity index (χ4v) is 1.95. The average molecular weight is 248 g/mol. The van der Waals surface area contributed by atoms with Crippen molar-refractivity contribution in [2.24, 2.45) is 0 Å². The quantitative estimate of drug-likeness (QED) is 0.807. The molecule has 0 bridgehead atoms. The predicted octanol–water partition coefficient (Wildman–Crippen LogP) is 2.56. The minimum absolute atomic E-state index is 0.00768. The summed E-state index contributed by atoms with van der Waals surface area (Å²) in [5.41, 5.74) is 0.117. The molecule has 0 aromatic heterocycles. The van der Waals surface area contributed by atoms with E-state index in [4.69, 9.17) is 10.00 Å². The molecule has 0 spiro atoms. The van der Waals surface area contributed by atoms with Gasteiger partial charge in [0.2, 0.25) is 0 Å². The molecule has 4 heteroatoms. The van der Waals surface area contributed by atoms with Crippen LogP contribution in [0.2, 0.25) is 0 Å². The Morgan fingerprint density at radius 3 is 2.61 bits per heavy atom. The number of nitriles is 1. The zero-order chi connectivity index (χ0) is 13.3. The lowest BCUT2D eigenvalue weighted by Crippen LogP contribution is -2.60. The highest BCUT2D eigenvalue weighted by Crippen LogP contribution is 2.27. The topological polar surface area (TPSA) is 36.3 Å². The molecular formula is C14H17FN2O. The van der Waals surface area contributed by atoms with Gasteiger partial charge in [-0.25, -0.2) is 4.39 Å². The largest absolute Gasteiger partial charge is 0.486 e. The summed E-state index contributed by atoms with van der Waals surface area (Å²) in [6, 6.07) is 6.32. The third-order valence-electron chi connectivity index (χ3n) is 3.18. The van der Waals surface area contributed by atoms with E-state index in [1.807, 2.05) is 6.07 Å². The maximum atomic E-state index is 13.4. The van der Waals surface area contributed by atoms with Crippen molar-refractivity contribution in [1.82, 2.24) is 4.90 Å². The molecule has 2 rings (SSSR count). The fourth-order valence-electron chi connectivity index (χ4n) is 1.95. The Morgan fingerprint density at radius 2 is 2.06 bits per heavy atom. The maximum absolute atomic E-state index is 13.4. The summed E-state index contributed by atoms with van der Waals surface area (Å²) < 4.78 is 19.1. The summed E-state index contributed by atoms with van der Waals surface area (Å²) in [7, 11) is 0. The lowest BCUT2D eigenvalue weighted by molar-refractivity contribution is -0.0352. The predicted molar refractivity (Wildman–Crippen MR) is 66.9 cm³/mol. The number of likely N-dealkylation sites (tertiary alicyclic amines) is 1. The first kappa shape index (κ1) is 12.8. The second kappa shape index (κ2) is 4.58. The normalized spacial score (nSPS) is 17.1. The van der Waals surface area contributed by atoms with Crippen LogP contribution >= 0.6 is 0 Å². The number of nitrogens with zero attached hydrogens (tertiary/aromatic N) is 2. The Morgan fingerprint density at radius 1 is 1.39 bits per heavy atom. The second-order valence-corrected chi connectivity index (χ2v) is 5.54. The lowest BCUT2D eigenvalue weighted by Gasteiger charge is -2.47. The van der Waals surface area contributed by atoms with E-state index in [-0.39, 0.29) is 17.2 Å². The van der Waals surface area contributed by atoms with Gasteiger partial charge < -0.3 is 4.74 Å². The van der Waals surface area contributed by atoms with Crippen LogP contribution in [0.1, 0.15) is 26.3 Å². The highest BCUT2D eigenvalue weighted by molar-refractivity contribution is 5.44. The summed E-state index contributed by atoms with van der Waals surface area (Å²) >= 11 is 0. The molecule has 1 aromatic rings. The van der Waals surface area contributed by atoms with Crippen molar-refractivity contribution in [3.05, 3.63) is 29.6 Å². The van der Waals surface area contributed by atoms with E-state index in [0.29, 0.717) is 5.75 Å². The van der Waals surface area contributed by atoms with E-state index in [0.717, 1.165) is 13.1 Å². The highest BCUT2D eigenvalue weighted by atomic mass is 19.1. The molecule has 0 aliphatic carbocycles. The van der Waals surface area contributed by atoms with Gasteiger partial charge in [-0.1, -0.05) is 6.07 Å². The number of hydrogen-bond acceptors (Lipinski definition) is 3. The number of rotatable bonds is 2. The molecule has 1 aliphatic rings. The van der Waals surface area contributed by atoms with Gasteiger partial charge in [0.25, 0.3) is 0 Å². The molecule has 0 unspecified atom stereocenters. The van der Waals surface area contributed by atoms with E-state index in [1.54, 1.807) is 12.1 Å². The molecule has 96 valence electrons. The summed E-state index contributed by atoms with van der Waals surface area (Å²) in [5, 5.41) is 8.90. The molecule has 0 saturated carbocycles. The Kier molecular flexibility index (Phi) is 3.27. The van der Waals surface area contributed by atoms with Crippen molar-refractivity contribution in [2.75, 3.05) is 13.1 Å². The SMILES string of the molecule is CC(C)(C)N1CC(Oc2cccc(F)c2C#N)C1. The molecule has 1 heterocycles. The van der Waals surface area contributed by atoms with Gasteiger partial charge in [0.05, 0.1) is 0 Å². The molecule has 3 nitrogen and oxygen atoms in total. The summed E-state index contributed by atoms with van der Waals surface area (Å²) in [6.45, 7) is 8.06. The van der Waals surface area contributed by atoms with Gasteiger partial charge in [-0.2, -0.15) is 5.26 Å². The van der Waals surface area contributed by atoms with Crippen LogP contribution in [0.5, 0.6) is 5.75 Å². The van der Waals surface area contributed by atoms with E-state index in [1.165, 1.54) is 6.07 Å². The molecule has 1 aromatic carbocycles. The molecule has 1 aliphatic heterocycles. The summed E-state index contributed by atoms with van der Waals surface area (Å²) in [6.07, 6.45) is 0.0399. The van der Waals surface area contributed by atoms with Crippen molar-refractivity contribution < 1.29 is 9.13 Å². The minimum Gasteiger partial charge on any atom is -0.486 e. The Labute approximate surface area is 107 Å². The van der Waals surface area contributed by atoms with Crippen LogP contribution in [0, 0.1) is 17.1 Å². The molecule has 18 heavy (non-hydrogen) atoms.